The highest BCUT2D eigenvalue weighted by Crippen LogP contribution is 2.51. The maximum Gasteiger partial charge on any atom is 0.00255 e. The Morgan fingerprint density at radius 2 is 1.95 bits per heavy atom. The van der Waals surface area contributed by atoms with Crippen LogP contribution in [0.1, 0.15) is 63.4 Å². The van der Waals surface area contributed by atoms with Crippen molar-refractivity contribution in [3.05, 3.63) is 35.9 Å². The Kier molecular flexibility index (Phi) is 4.45. The van der Waals surface area contributed by atoms with Crippen LogP contribution < -0.4 is 5.32 Å². The molecule has 1 saturated heterocycles. The first-order chi connectivity index (χ1) is 9.84. The van der Waals surface area contributed by atoms with Gasteiger partial charge in [0, 0.05) is 12.5 Å². The Morgan fingerprint density at radius 1 is 1.10 bits per heavy atom. The molecule has 0 radical (unpaired) electrons. The average Bonchev–Trinajstić information content (AvgIpc) is 2.72. The van der Waals surface area contributed by atoms with Gasteiger partial charge in [-0.2, -0.15) is 0 Å². The largest absolute Gasteiger partial charge is 0.316 e. The summed E-state index contributed by atoms with van der Waals surface area (Å²) in [5.74, 6) is 1.72. The summed E-state index contributed by atoms with van der Waals surface area (Å²) in [4.78, 5) is 0. The van der Waals surface area contributed by atoms with Gasteiger partial charge < -0.3 is 5.32 Å². The predicted octanol–water partition coefficient (Wildman–Crippen LogP) is 4.74. The molecule has 3 atom stereocenters. The van der Waals surface area contributed by atoms with Gasteiger partial charge in [0.2, 0.25) is 0 Å². The lowest BCUT2D eigenvalue weighted by Crippen LogP contribution is -2.43. The minimum absolute atomic E-state index is 0.580. The summed E-state index contributed by atoms with van der Waals surface area (Å²) in [6.07, 6.45) is 10.0. The van der Waals surface area contributed by atoms with Crippen LogP contribution in [0.4, 0.5) is 0 Å². The number of benzene rings is 1. The number of rotatable bonds is 2. The molecule has 1 aliphatic carbocycles. The molecule has 1 N–H and O–H groups in total. The van der Waals surface area contributed by atoms with Crippen LogP contribution in [0.15, 0.2) is 30.3 Å². The van der Waals surface area contributed by atoms with Crippen molar-refractivity contribution in [2.45, 2.75) is 57.8 Å². The fourth-order valence-corrected chi connectivity index (χ4v) is 4.64. The molecule has 1 spiro atoms. The van der Waals surface area contributed by atoms with E-state index in [2.05, 4.69) is 42.6 Å². The molecular weight excluding hydrogens is 242 g/mol. The molecule has 1 aromatic carbocycles. The Morgan fingerprint density at radius 3 is 2.75 bits per heavy atom. The second-order valence-electron chi connectivity index (χ2n) is 6.98. The van der Waals surface area contributed by atoms with Crippen LogP contribution in [-0.2, 0) is 0 Å². The summed E-state index contributed by atoms with van der Waals surface area (Å²) in [5.41, 5.74) is 2.14. The van der Waals surface area contributed by atoms with Gasteiger partial charge in [-0.05, 0) is 49.1 Å². The van der Waals surface area contributed by atoms with E-state index in [1.807, 2.05) is 0 Å². The summed E-state index contributed by atoms with van der Waals surface area (Å²) < 4.78 is 0. The van der Waals surface area contributed by atoms with Gasteiger partial charge in [-0.1, -0.05) is 56.5 Å². The van der Waals surface area contributed by atoms with Crippen molar-refractivity contribution in [3.63, 3.8) is 0 Å². The SMILES string of the molecule is CCC1CCCC2(CCNCC2c2ccccc2)CC1. The van der Waals surface area contributed by atoms with Crippen LogP contribution in [0.3, 0.4) is 0 Å². The minimum atomic E-state index is 0.580. The van der Waals surface area contributed by atoms with Crippen LogP contribution in [0.25, 0.3) is 0 Å². The zero-order valence-corrected chi connectivity index (χ0v) is 12.9. The first-order valence-electron chi connectivity index (χ1n) is 8.60. The molecule has 0 amide bonds. The second kappa shape index (κ2) is 6.30. The highest BCUT2D eigenvalue weighted by Gasteiger charge is 2.42. The van der Waals surface area contributed by atoms with E-state index >= 15 is 0 Å². The third-order valence-electron chi connectivity index (χ3n) is 6.00. The van der Waals surface area contributed by atoms with Crippen molar-refractivity contribution in [3.8, 4) is 0 Å². The molecule has 2 fully saturated rings. The molecule has 1 nitrogen and oxygen atoms in total. The molecule has 1 saturated carbocycles. The standard InChI is InChI=1S/C19H29N/c1-2-16-7-6-11-19(12-10-16)13-14-20-15-18(19)17-8-4-3-5-9-17/h3-5,8-9,16,18,20H,2,6-7,10-15H2,1H3. The molecule has 1 heterocycles. The van der Waals surface area contributed by atoms with Crippen LogP contribution in [0, 0.1) is 11.3 Å². The second-order valence-corrected chi connectivity index (χ2v) is 6.98. The molecule has 0 aromatic heterocycles. The van der Waals surface area contributed by atoms with Crippen molar-refractivity contribution >= 4 is 0 Å². The summed E-state index contributed by atoms with van der Waals surface area (Å²) >= 11 is 0. The molecule has 0 bridgehead atoms. The maximum atomic E-state index is 3.65. The Hall–Kier alpha value is -0.820. The Bertz CT molecular complexity index is 413. The minimum Gasteiger partial charge on any atom is -0.316 e. The Balaban J connectivity index is 1.84. The maximum absolute atomic E-state index is 3.65. The van der Waals surface area contributed by atoms with Gasteiger partial charge in [-0.3, -0.25) is 0 Å². The first-order valence-corrected chi connectivity index (χ1v) is 8.60. The molecule has 110 valence electrons. The van der Waals surface area contributed by atoms with Gasteiger partial charge in [-0.15, -0.1) is 0 Å². The predicted molar refractivity (Wildman–Crippen MR) is 86.0 cm³/mol. The van der Waals surface area contributed by atoms with E-state index < -0.39 is 0 Å². The summed E-state index contributed by atoms with van der Waals surface area (Å²) in [5, 5.41) is 3.65. The third kappa shape index (κ3) is 2.79. The van der Waals surface area contributed by atoms with E-state index in [1.165, 1.54) is 58.0 Å². The van der Waals surface area contributed by atoms with Gasteiger partial charge in [-0.25, -0.2) is 0 Å². The number of piperidine rings is 1. The van der Waals surface area contributed by atoms with Gasteiger partial charge in [0.25, 0.3) is 0 Å². The lowest BCUT2D eigenvalue weighted by molar-refractivity contribution is 0.134. The van der Waals surface area contributed by atoms with Crippen LogP contribution >= 0.6 is 0 Å². The molecule has 1 heteroatoms. The molecular formula is C19H29N. The van der Waals surface area contributed by atoms with E-state index in [1.54, 1.807) is 5.56 Å². The Labute approximate surface area is 124 Å². The number of nitrogens with one attached hydrogen (secondary N) is 1. The highest BCUT2D eigenvalue weighted by atomic mass is 14.9. The smallest absolute Gasteiger partial charge is 0.00255 e. The molecule has 2 aliphatic rings. The summed E-state index contributed by atoms with van der Waals surface area (Å²) in [6, 6.07) is 11.3. The van der Waals surface area contributed by atoms with E-state index in [-0.39, 0.29) is 0 Å². The molecule has 1 aliphatic heterocycles. The van der Waals surface area contributed by atoms with Crippen molar-refractivity contribution < 1.29 is 0 Å². The molecule has 3 unspecified atom stereocenters. The highest BCUT2D eigenvalue weighted by molar-refractivity contribution is 5.24. The first kappa shape index (κ1) is 14.1. The van der Waals surface area contributed by atoms with E-state index in [0.717, 1.165) is 11.8 Å². The molecule has 3 rings (SSSR count). The van der Waals surface area contributed by atoms with Crippen molar-refractivity contribution in [1.82, 2.24) is 5.32 Å². The summed E-state index contributed by atoms with van der Waals surface area (Å²) in [7, 11) is 0. The van der Waals surface area contributed by atoms with Gasteiger partial charge >= 0.3 is 0 Å². The lowest BCUT2D eigenvalue weighted by Gasteiger charge is -2.45. The zero-order chi connectivity index (χ0) is 13.8. The van der Waals surface area contributed by atoms with Crippen LogP contribution in [0.5, 0.6) is 0 Å². The average molecular weight is 271 g/mol. The van der Waals surface area contributed by atoms with Crippen LogP contribution in [0.2, 0.25) is 0 Å². The third-order valence-corrected chi connectivity index (χ3v) is 6.00. The van der Waals surface area contributed by atoms with Gasteiger partial charge in [0.1, 0.15) is 0 Å². The topological polar surface area (TPSA) is 12.0 Å². The molecule has 1 aromatic rings. The fraction of sp³-hybridized carbons (Fsp3) is 0.684. The van der Waals surface area contributed by atoms with E-state index in [4.69, 9.17) is 0 Å². The number of hydrogen-bond acceptors (Lipinski definition) is 1. The van der Waals surface area contributed by atoms with Crippen LogP contribution in [-0.4, -0.2) is 13.1 Å². The quantitative estimate of drug-likeness (QED) is 0.819. The fourth-order valence-electron chi connectivity index (χ4n) is 4.64. The number of hydrogen-bond donors (Lipinski definition) is 1. The van der Waals surface area contributed by atoms with Crippen molar-refractivity contribution in [2.75, 3.05) is 13.1 Å². The van der Waals surface area contributed by atoms with E-state index in [9.17, 15) is 0 Å². The molecule has 20 heavy (non-hydrogen) atoms. The van der Waals surface area contributed by atoms with Gasteiger partial charge in [0.15, 0.2) is 0 Å². The van der Waals surface area contributed by atoms with E-state index in [0.29, 0.717) is 5.41 Å². The lowest BCUT2D eigenvalue weighted by atomic mass is 9.63. The normalized spacial score (nSPS) is 34.9. The zero-order valence-electron chi connectivity index (χ0n) is 12.9. The van der Waals surface area contributed by atoms with Crippen molar-refractivity contribution in [1.29, 1.82) is 0 Å². The van der Waals surface area contributed by atoms with Gasteiger partial charge in [0.05, 0.1) is 0 Å². The monoisotopic (exact) mass is 271 g/mol. The summed E-state index contributed by atoms with van der Waals surface area (Å²) in [6.45, 7) is 4.78. The van der Waals surface area contributed by atoms with Crippen molar-refractivity contribution in [2.24, 2.45) is 11.3 Å².